The highest BCUT2D eigenvalue weighted by atomic mass is 16.1. The summed E-state index contributed by atoms with van der Waals surface area (Å²) in [5.41, 5.74) is 4.92. The van der Waals surface area contributed by atoms with Crippen LogP contribution in [0.4, 0.5) is 0 Å². The molecule has 0 aliphatic carbocycles. The molecule has 2 fully saturated rings. The molecule has 2 aromatic heterocycles. The Morgan fingerprint density at radius 3 is 1.70 bits per heavy atom. The van der Waals surface area contributed by atoms with E-state index in [4.69, 9.17) is 9.97 Å². The van der Waals surface area contributed by atoms with Gasteiger partial charge in [0, 0.05) is 11.1 Å². The fourth-order valence-corrected chi connectivity index (χ4v) is 4.67. The maximum Gasteiger partial charge on any atom is 0.193 e. The van der Waals surface area contributed by atoms with Crippen LogP contribution in [0.15, 0.2) is 36.4 Å². The molecule has 7 heteroatoms. The molecule has 0 spiro atoms. The normalized spacial score (nSPS) is 21.7. The van der Waals surface area contributed by atoms with Crippen molar-refractivity contribution in [3.63, 3.8) is 0 Å². The van der Waals surface area contributed by atoms with Crippen molar-refractivity contribution < 1.29 is 4.79 Å². The summed E-state index contributed by atoms with van der Waals surface area (Å²) < 4.78 is 0. The van der Waals surface area contributed by atoms with Crippen molar-refractivity contribution in [1.82, 2.24) is 30.6 Å². The highest BCUT2D eigenvalue weighted by Crippen LogP contribution is 2.26. The number of aromatic amines is 2. The monoisotopic (exact) mass is 400 g/mol. The van der Waals surface area contributed by atoms with Gasteiger partial charge in [-0.3, -0.25) is 4.79 Å². The van der Waals surface area contributed by atoms with E-state index in [-0.39, 0.29) is 17.9 Å². The van der Waals surface area contributed by atoms with Crippen LogP contribution >= 0.6 is 0 Å². The number of carbonyl (C=O) groups excluding carboxylic acids is 1. The Hall–Kier alpha value is -3.03. The summed E-state index contributed by atoms with van der Waals surface area (Å²) in [6.07, 6.45) is 4.52. The lowest BCUT2D eigenvalue weighted by molar-refractivity contribution is 0.103. The van der Waals surface area contributed by atoms with E-state index in [0.717, 1.165) is 59.6 Å². The van der Waals surface area contributed by atoms with E-state index in [9.17, 15) is 4.79 Å². The Labute approximate surface area is 173 Å². The van der Waals surface area contributed by atoms with Gasteiger partial charge in [0.05, 0.1) is 34.2 Å². The van der Waals surface area contributed by atoms with Gasteiger partial charge in [0.2, 0.25) is 0 Å². The van der Waals surface area contributed by atoms with E-state index >= 15 is 0 Å². The zero-order valence-electron chi connectivity index (χ0n) is 16.7. The van der Waals surface area contributed by atoms with Crippen LogP contribution in [0, 0.1) is 0 Å². The number of fused-ring (bicyclic) bond motifs is 2. The Kier molecular flexibility index (Phi) is 4.17. The number of H-pyrrole nitrogens is 2. The molecular weight excluding hydrogens is 376 g/mol. The fourth-order valence-electron chi connectivity index (χ4n) is 4.67. The van der Waals surface area contributed by atoms with Crippen molar-refractivity contribution in [3.05, 3.63) is 59.2 Å². The molecule has 2 saturated heterocycles. The number of rotatable bonds is 4. The van der Waals surface area contributed by atoms with Crippen molar-refractivity contribution in [1.29, 1.82) is 0 Å². The number of imidazole rings is 2. The predicted octanol–water partition coefficient (Wildman–Crippen LogP) is 3.52. The lowest BCUT2D eigenvalue weighted by Crippen LogP contribution is -2.13. The second kappa shape index (κ2) is 7.04. The molecule has 30 heavy (non-hydrogen) atoms. The number of hydrogen-bond donors (Lipinski definition) is 4. The van der Waals surface area contributed by atoms with Crippen LogP contribution < -0.4 is 10.6 Å². The molecule has 2 aliphatic heterocycles. The molecule has 152 valence electrons. The van der Waals surface area contributed by atoms with Crippen LogP contribution in [0.5, 0.6) is 0 Å². The number of nitrogens with zero attached hydrogens (tertiary/aromatic N) is 2. The Morgan fingerprint density at radius 2 is 1.27 bits per heavy atom. The third-order valence-corrected chi connectivity index (χ3v) is 6.31. The molecule has 2 atom stereocenters. The summed E-state index contributed by atoms with van der Waals surface area (Å²) in [5.74, 6) is 1.92. The van der Waals surface area contributed by atoms with E-state index in [1.165, 1.54) is 12.8 Å². The minimum absolute atomic E-state index is 0.00378. The van der Waals surface area contributed by atoms with Crippen LogP contribution in [0.2, 0.25) is 0 Å². The third kappa shape index (κ3) is 3.02. The fraction of sp³-hybridized carbons (Fsp3) is 0.348. The molecule has 7 nitrogen and oxygen atoms in total. The average Bonchev–Trinajstić information content (AvgIpc) is 3.56. The second-order valence-corrected chi connectivity index (χ2v) is 8.33. The number of nitrogens with one attached hydrogen (secondary N) is 4. The lowest BCUT2D eigenvalue weighted by atomic mass is 10.0. The van der Waals surface area contributed by atoms with E-state index in [0.29, 0.717) is 11.1 Å². The Balaban J connectivity index is 1.31. The molecule has 0 amide bonds. The zero-order chi connectivity index (χ0) is 20.1. The first-order valence-electron chi connectivity index (χ1n) is 10.8. The number of ketones is 1. The van der Waals surface area contributed by atoms with Gasteiger partial charge in [-0.1, -0.05) is 0 Å². The molecule has 2 aliphatic rings. The van der Waals surface area contributed by atoms with Crippen LogP contribution in [-0.4, -0.2) is 38.8 Å². The molecule has 0 saturated carbocycles. The van der Waals surface area contributed by atoms with E-state index in [1.54, 1.807) is 0 Å². The largest absolute Gasteiger partial charge is 0.341 e. The van der Waals surface area contributed by atoms with Gasteiger partial charge in [0.15, 0.2) is 5.78 Å². The first-order chi connectivity index (χ1) is 14.7. The summed E-state index contributed by atoms with van der Waals surface area (Å²) in [6.45, 7) is 2.06. The minimum Gasteiger partial charge on any atom is -0.341 e. The summed E-state index contributed by atoms with van der Waals surface area (Å²) in [5, 5.41) is 6.92. The van der Waals surface area contributed by atoms with Gasteiger partial charge in [-0.15, -0.1) is 0 Å². The van der Waals surface area contributed by atoms with Crippen LogP contribution in [0.25, 0.3) is 22.1 Å². The Bertz CT molecular complexity index is 1150. The molecule has 0 radical (unpaired) electrons. The van der Waals surface area contributed by atoms with Crippen molar-refractivity contribution in [2.45, 2.75) is 37.8 Å². The van der Waals surface area contributed by atoms with Gasteiger partial charge >= 0.3 is 0 Å². The average molecular weight is 400 g/mol. The number of hydrogen-bond acceptors (Lipinski definition) is 5. The summed E-state index contributed by atoms with van der Waals surface area (Å²) in [6, 6.07) is 12.0. The highest BCUT2D eigenvalue weighted by molar-refractivity contribution is 6.11. The van der Waals surface area contributed by atoms with Gasteiger partial charge in [-0.2, -0.15) is 0 Å². The third-order valence-electron chi connectivity index (χ3n) is 6.31. The van der Waals surface area contributed by atoms with Gasteiger partial charge in [0.25, 0.3) is 0 Å². The molecule has 4 heterocycles. The van der Waals surface area contributed by atoms with Crippen LogP contribution in [0.1, 0.15) is 65.3 Å². The Morgan fingerprint density at radius 1 is 0.767 bits per heavy atom. The van der Waals surface area contributed by atoms with E-state index in [1.807, 2.05) is 36.4 Å². The molecular formula is C23H24N6O. The quantitative estimate of drug-likeness (QED) is 0.393. The standard InChI is InChI=1S/C23H24N6O/c30-21(13-5-7-15-19(11-13)28-22(26-15)17-3-1-9-24-17)14-6-8-16-20(12-14)29-23(27-16)18-4-2-10-25-18/h5-8,11-12,17-18,24-25H,1-4,9-10H2,(H,26,28)(H,27,29)/t17-,18-/m0/s1. The minimum atomic E-state index is 0.00378. The van der Waals surface area contributed by atoms with Gasteiger partial charge in [-0.05, 0) is 75.2 Å². The van der Waals surface area contributed by atoms with Crippen molar-refractivity contribution >= 4 is 27.9 Å². The first-order valence-corrected chi connectivity index (χ1v) is 10.8. The van der Waals surface area contributed by atoms with Gasteiger partial charge in [-0.25, -0.2) is 9.97 Å². The van der Waals surface area contributed by atoms with Crippen LogP contribution in [-0.2, 0) is 0 Å². The van der Waals surface area contributed by atoms with Crippen molar-refractivity contribution in [3.8, 4) is 0 Å². The van der Waals surface area contributed by atoms with Crippen LogP contribution in [0.3, 0.4) is 0 Å². The molecule has 4 N–H and O–H groups in total. The first kappa shape index (κ1) is 17.8. The number of aromatic nitrogens is 4. The maximum atomic E-state index is 13.2. The van der Waals surface area contributed by atoms with E-state index in [2.05, 4.69) is 20.6 Å². The van der Waals surface area contributed by atoms with Crippen molar-refractivity contribution in [2.24, 2.45) is 0 Å². The maximum absolute atomic E-state index is 13.2. The molecule has 6 rings (SSSR count). The lowest BCUT2D eigenvalue weighted by Gasteiger charge is -2.04. The number of benzene rings is 2. The highest BCUT2D eigenvalue weighted by Gasteiger charge is 2.21. The smallest absolute Gasteiger partial charge is 0.193 e. The number of carbonyl (C=O) groups is 1. The predicted molar refractivity (Wildman–Crippen MR) is 116 cm³/mol. The summed E-state index contributed by atoms with van der Waals surface area (Å²) in [7, 11) is 0. The topological polar surface area (TPSA) is 98.5 Å². The SMILES string of the molecule is O=C(c1ccc2nc([C@@H]3CCCN3)[nH]c2c1)c1ccc2nc([C@@H]3CCCN3)[nH]c2c1. The molecule has 2 aromatic carbocycles. The second-order valence-electron chi connectivity index (χ2n) is 8.33. The van der Waals surface area contributed by atoms with E-state index < -0.39 is 0 Å². The molecule has 0 unspecified atom stereocenters. The summed E-state index contributed by atoms with van der Waals surface area (Å²) >= 11 is 0. The molecule has 4 aromatic rings. The van der Waals surface area contributed by atoms with Gasteiger partial charge in [0.1, 0.15) is 11.6 Å². The van der Waals surface area contributed by atoms with Crippen molar-refractivity contribution in [2.75, 3.05) is 13.1 Å². The molecule has 0 bridgehead atoms. The summed E-state index contributed by atoms with van der Waals surface area (Å²) in [4.78, 5) is 29.4. The van der Waals surface area contributed by atoms with Gasteiger partial charge < -0.3 is 20.6 Å². The zero-order valence-corrected chi connectivity index (χ0v) is 16.7.